The first-order valence-electron chi connectivity index (χ1n) is 4.14. The van der Waals surface area contributed by atoms with Gasteiger partial charge >= 0.3 is 6.18 Å². The van der Waals surface area contributed by atoms with Crippen LogP contribution in [0.2, 0.25) is 0 Å². The molecule has 0 radical (unpaired) electrons. The molecular formula is C10H9ClF3N. The number of halogens is 4. The van der Waals surface area contributed by atoms with Crippen LogP contribution in [0.1, 0.15) is 5.56 Å². The average Bonchev–Trinajstić information content (AvgIpc) is 2.14. The standard InChI is InChI=1S/C10H9ClF3N/c1-7(11)6-15-9-4-2-8(3-5-9)10(12,13)14/h2-5,15H,1,6H2. The van der Waals surface area contributed by atoms with E-state index in [4.69, 9.17) is 11.6 Å². The molecule has 0 saturated heterocycles. The Bertz CT molecular complexity index is 343. The van der Waals surface area contributed by atoms with Crippen molar-refractivity contribution in [3.8, 4) is 0 Å². The summed E-state index contributed by atoms with van der Waals surface area (Å²) in [7, 11) is 0. The molecule has 0 aliphatic rings. The van der Waals surface area contributed by atoms with Crippen LogP contribution >= 0.6 is 11.6 Å². The zero-order valence-electron chi connectivity index (χ0n) is 7.74. The lowest BCUT2D eigenvalue weighted by atomic mass is 10.2. The molecule has 0 spiro atoms. The monoisotopic (exact) mass is 235 g/mol. The van der Waals surface area contributed by atoms with E-state index >= 15 is 0 Å². The lowest BCUT2D eigenvalue weighted by Gasteiger charge is -2.08. The Hall–Kier alpha value is -1.16. The van der Waals surface area contributed by atoms with Crippen LogP contribution < -0.4 is 5.32 Å². The Balaban J connectivity index is 2.69. The Morgan fingerprint density at radius 1 is 1.27 bits per heavy atom. The molecule has 0 fully saturated rings. The molecule has 82 valence electrons. The van der Waals surface area contributed by atoms with E-state index in [0.29, 0.717) is 17.3 Å². The van der Waals surface area contributed by atoms with Gasteiger partial charge in [-0.2, -0.15) is 13.2 Å². The van der Waals surface area contributed by atoms with Crippen LogP contribution in [0.4, 0.5) is 18.9 Å². The maximum Gasteiger partial charge on any atom is 0.416 e. The van der Waals surface area contributed by atoms with Crippen molar-refractivity contribution >= 4 is 17.3 Å². The van der Waals surface area contributed by atoms with Crippen molar-refractivity contribution in [3.63, 3.8) is 0 Å². The normalized spacial score (nSPS) is 11.2. The fraction of sp³-hybridized carbons (Fsp3) is 0.200. The molecule has 0 amide bonds. The summed E-state index contributed by atoms with van der Waals surface area (Å²) in [6, 6.07) is 4.73. The fourth-order valence-electron chi connectivity index (χ4n) is 0.975. The Morgan fingerprint density at radius 3 is 2.20 bits per heavy atom. The van der Waals surface area contributed by atoms with Crippen molar-refractivity contribution < 1.29 is 13.2 Å². The van der Waals surface area contributed by atoms with Gasteiger partial charge in [0, 0.05) is 10.7 Å². The van der Waals surface area contributed by atoms with E-state index in [-0.39, 0.29) is 0 Å². The number of hydrogen-bond donors (Lipinski definition) is 1. The van der Waals surface area contributed by atoms with Crippen LogP contribution in [0, 0.1) is 0 Å². The SMILES string of the molecule is C=C(Cl)CNc1ccc(C(F)(F)F)cc1. The van der Waals surface area contributed by atoms with Crippen molar-refractivity contribution in [2.24, 2.45) is 0 Å². The van der Waals surface area contributed by atoms with Gasteiger partial charge in [0.2, 0.25) is 0 Å². The van der Waals surface area contributed by atoms with Crippen molar-refractivity contribution in [1.82, 2.24) is 0 Å². The maximum absolute atomic E-state index is 12.2. The Kier molecular flexibility index (Phi) is 3.63. The van der Waals surface area contributed by atoms with Crippen LogP contribution in [0.5, 0.6) is 0 Å². The molecule has 1 N–H and O–H groups in total. The van der Waals surface area contributed by atoms with Gasteiger partial charge in [-0.1, -0.05) is 18.2 Å². The molecule has 0 aliphatic carbocycles. The maximum atomic E-state index is 12.2. The molecule has 0 unspecified atom stereocenters. The topological polar surface area (TPSA) is 12.0 Å². The Morgan fingerprint density at radius 2 is 1.80 bits per heavy atom. The number of hydrogen-bond acceptors (Lipinski definition) is 1. The molecule has 5 heteroatoms. The molecule has 0 heterocycles. The average molecular weight is 236 g/mol. The fourth-order valence-corrected chi connectivity index (χ4v) is 1.04. The van der Waals surface area contributed by atoms with Crippen molar-refractivity contribution in [3.05, 3.63) is 41.4 Å². The summed E-state index contributed by atoms with van der Waals surface area (Å²) >= 11 is 5.49. The first-order chi connectivity index (χ1) is 6.89. The summed E-state index contributed by atoms with van der Waals surface area (Å²) in [5, 5.41) is 3.22. The predicted molar refractivity (Wildman–Crippen MR) is 54.9 cm³/mol. The van der Waals surface area contributed by atoms with Crippen LogP contribution in [0.3, 0.4) is 0 Å². The quantitative estimate of drug-likeness (QED) is 0.839. The van der Waals surface area contributed by atoms with Gasteiger partial charge in [-0.25, -0.2) is 0 Å². The van der Waals surface area contributed by atoms with E-state index < -0.39 is 11.7 Å². The van der Waals surface area contributed by atoms with Gasteiger partial charge in [0.15, 0.2) is 0 Å². The molecule has 0 saturated carbocycles. The minimum Gasteiger partial charge on any atom is -0.380 e. The summed E-state index contributed by atoms with van der Waals surface area (Å²) in [6.07, 6.45) is -4.30. The zero-order chi connectivity index (χ0) is 11.5. The summed E-state index contributed by atoms with van der Waals surface area (Å²) in [6.45, 7) is 3.78. The van der Waals surface area contributed by atoms with Crippen LogP contribution in [0.15, 0.2) is 35.9 Å². The van der Waals surface area contributed by atoms with Gasteiger partial charge in [-0.3, -0.25) is 0 Å². The van der Waals surface area contributed by atoms with Gasteiger partial charge in [0.25, 0.3) is 0 Å². The highest BCUT2D eigenvalue weighted by atomic mass is 35.5. The second kappa shape index (κ2) is 4.57. The molecule has 15 heavy (non-hydrogen) atoms. The summed E-state index contributed by atoms with van der Waals surface area (Å²) in [5.74, 6) is 0. The molecule has 0 aliphatic heterocycles. The number of rotatable bonds is 3. The van der Waals surface area contributed by atoms with Crippen LogP contribution in [-0.4, -0.2) is 6.54 Å². The van der Waals surface area contributed by atoms with Crippen molar-refractivity contribution in [1.29, 1.82) is 0 Å². The number of nitrogens with one attached hydrogen (secondary N) is 1. The smallest absolute Gasteiger partial charge is 0.380 e. The van der Waals surface area contributed by atoms with Crippen molar-refractivity contribution in [2.45, 2.75) is 6.18 Å². The molecular weight excluding hydrogens is 227 g/mol. The summed E-state index contributed by atoms with van der Waals surface area (Å²) < 4.78 is 36.5. The molecule has 0 bridgehead atoms. The second-order valence-corrected chi connectivity index (χ2v) is 3.48. The third-order valence-corrected chi connectivity index (χ3v) is 1.83. The Labute approximate surface area is 90.6 Å². The molecule has 0 atom stereocenters. The third-order valence-electron chi connectivity index (χ3n) is 1.70. The number of benzene rings is 1. The molecule has 1 rings (SSSR count). The lowest BCUT2D eigenvalue weighted by molar-refractivity contribution is -0.137. The van der Waals surface area contributed by atoms with E-state index in [9.17, 15) is 13.2 Å². The van der Waals surface area contributed by atoms with Gasteiger partial charge in [0.1, 0.15) is 0 Å². The molecule has 1 aromatic carbocycles. The highest BCUT2D eigenvalue weighted by Crippen LogP contribution is 2.29. The van der Waals surface area contributed by atoms with Crippen LogP contribution in [0.25, 0.3) is 0 Å². The van der Waals surface area contributed by atoms with Crippen molar-refractivity contribution in [2.75, 3.05) is 11.9 Å². The van der Waals surface area contributed by atoms with E-state index in [2.05, 4.69) is 11.9 Å². The highest BCUT2D eigenvalue weighted by Gasteiger charge is 2.29. The first kappa shape index (κ1) is 11.9. The zero-order valence-corrected chi connectivity index (χ0v) is 8.49. The predicted octanol–water partition coefficient (Wildman–Crippen LogP) is 3.87. The van der Waals surface area contributed by atoms with Gasteiger partial charge in [0.05, 0.1) is 12.1 Å². The third kappa shape index (κ3) is 3.83. The minimum atomic E-state index is -4.30. The number of alkyl halides is 3. The van der Waals surface area contributed by atoms with E-state index in [1.807, 2.05) is 0 Å². The second-order valence-electron chi connectivity index (χ2n) is 2.95. The largest absolute Gasteiger partial charge is 0.416 e. The van der Waals surface area contributed by atoms with E-state index in [1.54, 1.807) is 0 Å². The number of anilines is 1. The summed E-state index contributed by atoms with van der Waals surface area (Å²) in [5.41, 5.74) is -0.0949. The van der Waals surface area contributed by atoms with Crippen LogP contribution in [-0.2, 0) is 6.18 Å². The van der Waals surface area contributed by atoms with Gasteiger partial charge in [-0.05, 0) is 24.3 Å². The summed E-state index contributed by atoms with van der Waals surface area (Å²) in [4.78, 5) is 0. The molecule has 1 nitrogen and oxygen atoms in total. The van der Waals surface area contributed by atoms with Gasteiger partial charge < -0.3 is 5.32 Å². The molecule has 1 aromatic rings. The highest BCUT2D eigenvalue weighted by molar-refractivity contribution is 6.29. The van der Waals surface area contributed by atoms with E-state index in [1.165, 1.54) is 12.1 Å². The van der Waals surface area contributed by atoms with Gasteiger partial charge in [-0.15, -0.1) is 0 Å². The first-order valence-corrected chi connectivity index (χ1v) is 4.52. The van der Waals surface area contributed by atoms with E-state index in [0.717, 1.165) is 12.1 Å². The molecule has 0 aromatic heterocycles. The minimum absolute atomic E-state index is 0.326. The lowest BCUT2D eigenvalue weighted by Crippen LogP contribution is -2.05.